The zero-order valence-electron chi connectivity index (χ0n) is 17.2. The molecule has 0 saturated heterocycles. The number of aliphatic hydroxyl groups is 1. The van der Waals surface area contributed by atoms with E-state index in [1.165, 1.54) is 6.07 Å². The van der Waals surface area contributed by atoms with Crippen LogP contribution in [0.5, 0.6) is 5.75 Å². The number of rotatable bonds is 5. The van der Waals surface area contributed by atoms with E-state index < -0.39 is 27.9 Å². The van der Waals surface area contributed by atoms with E-state index >= 15 is 0 Å². The number of carbonyl (C=O) groups is 1. The van der Waals surface area contributed by atoms with Crippen molar-refractivity contribution in [3.63, 3.8) is 0 Å². The van der Waals surface area contributed by atoms with Crippen molar-refractivity contribution >= 4 is 15.9 Å². The Morgan fingerprint density at radius 1 is 1.22 bits per heavy atom. The van der Waals surface area contributed by atoms with Gasteiger partial charge in [0.1, 0.15) is 11.6 Å². The Labute approximate surface area is 184 Å². The van der Waals surface area contributed by atoms with Gasteiger partial charge in [0.2, 0.25) is 10.0 Å². The fourth-order valence-corrected chi connectivity index (χ4v) is 4.19. The summed E-state index contributed by atoms with van der Waals surface area (Å²) in [4.78, 5) is 16.7. The Balaban J connectivity index is 1.65. The Morgan fingerprint density at radius 2 is 2.03 bits per heavy atom. The van der Waals surface area contributed by atoms with Gasteiger partial charge in [0, 0.05) is 28.9 Å². The first kappa shape index (κ1) is 21.9. The molecule has 1 aliphatic heterocycles. The van der Waals surface area contributed by atoms with E-state index in [1.54, 1.807) is 24.4 Å². The summed E-state index contributed by atoms with van der Waals surface area (Å²) >= 11 is 0. The molecule has 0 fully saturated rings. The second kappa shape index (κ2) is 8.68. The van der Waals surface area contributed by atoms with Gasteiger partial charge in [-0.05, 0) is 53.9 Å². The topological polar surface area (TPSA) is 106 Å². The Morgan fingerprint density at radius 3 is 2.75 bits per heavy atom. The molecule has 0 bridgehead atoms. The summed E-state index contributed by atoms with van der Waals surface area (Å²) < 4.78 is 44.7. The molecule has 32 heavy (non-hydrogen) atoms. The number of nitrogens with zero attached hydrogens (tertiary/aromatic N) is 1. The second-order valence-corrected chi connectivity index (χ2v) is 9.44. The first-order chi connectivity index (χ1) is 15.2. The molecule has 3 aromatic rings. The van der Waals surface area contributed by atoms with Crippen LogP contribution >= 0.6 is 0 Å². The average Bonchev–Trinajstić information content (AvgIpc) is 2.75. The van der Waals surface area contributed by atoms with Gasteiger partial charge >= 0.3 is 0 Å². The van der Waals surface area contributed by atoms with Crippen LogP contribution in [-0.2, 0) is 16.4 Å². The maximum Gasteiger partial charge on any atom is 0.265 e. The number of ether oxygens (including phenoxy) is 1. The lowest BCUT2D eigenvalue weighted by atomic mass is 9.88. The average molecular weight is 456 g/mol. The van der Waals surface area contributed by atoms with Gasteiger partial charge in [-0.1, -0.05) is 18.2 Å². The molecule has 2 N–H and O–H groups in total. The molecule has 0 saturated carbocycles. The molecule has 1 aromatic heterocycles. The Kier molecular flexibility index (Phi) is 5.94. The summed E-state index contributed by atoms with van der Waals surface area (Å²) in [6.07, 6.45) is 2.32. The lowest BCUT2D eigenvalue weighted by Crippen LogP contribution is -2.29. The van der Waals surface area contributed by atoms with Gasteiger partial charge in [0.25, 0.3) is 5.91 Å². The molecule has 4 rings (SSSR count). The van der Waals surface area contributed by atoms with Crippen LogP contribution in [0, 0.1) is 11.7 Å². The molecule has 1 aliphatic rings. The van der Waals surface area contributed by atoms with Gasteiger partial charge in [0.15, 0.2) is 0 Å². The third-order valence-corrected chi connectivity index (χ3v) is 5.80. The van der Waals surface area contributed by atoms with Crippen LogP contribution in [-0.4, -0.2) is 37.3 Å². The van der Waals surface area contributed by atoms with Gasteiger partial charge in [-0.2, -0.15) is 0 Å². The Bertz CT molecular complexity index is 1260. The number of aromatic nitrogens is 1. The smallest absolute Gasteiger partial charge is 0.265 e. The molecule has 1 amide bonds. The molecule has 7 nitrogen and oxygen atoms in total. The number of halogens is 1. The van der Waals surface area contributed by atoms with Crippen LogP contribution in [0.15, 0.2) is 60.8 Å². The number of nitrogens with one attached hydrogen (secondary N) is 1. The standard InChI is InChI=1S/C23H21FN2O5S/c1-32(29,30)26-23(28)18-8-6-16(24)12-20(18)14-5-7-19-21(11-14)31-13-15(22(19)27)10-17-4-2-3-9-25-17/h2-9,11-12,15,22,27H,10,13H2,1H3,(H,26,28)/t15-,22+/m1/s1. The van der Waals surface area contributed by atoms with Crippen molar-refractivity contribution in [2.45, 2.75) is 12.5 Å². The Hall–Kier alpha value is -3.30. The minimum Gasteiger partial charge on any atom is -0.493 e. The van der Waals surface area contributed by atoms with E-state index in [0.717, 1.165) is 24.1 Å². The maximum absolute atomic E-state index is 14.0. The fourth-order valence-electron chi connectivity index (χ4n) is 3.75. The molecule has 2 heterocycles. The number of benzene rings is 2. The number of fused-ring (bicyclic) bond motifs is 1. The number of amides is 1. The van der Waals surface area contributed by atoms with E-state index in [-0.39, 0.29) is 23.7 Å². The lowest BCUT2D eigenvalue weighted by molar-refractivity contribution is 0.0503. The number of hydrogen-bond donors (Lipinski definition) is 2. The first-order valence-corrected chi connectivity index (χ1v) is 11.8. The molecular weight excluding hydrogens is 435 g/mol. The predicted octanol–water partition coefficient (Wildman–Crippen LogP) is 2.86. The minimum atomic E-state index is -3.79. The van der Waals surface area contributed by atoms with Crippen molar-refractivity contribution < 1.29 is 27.4 Å². The highest BCUT2D eigenvalue weighted by atomic mass is 32.2. The summed E-state index contributed by atoms with van der Waals surface area (Å²) in [5.41, 5.74) is 2.10. The van der Waals surface area contributed by atoms with Crippen molar-refractivity contribution in [2.75, 3.05) is 12.9 Å². The van der Waals surface area contributed by atoms with E-state index in [9.17, 15) is 22.7 Å². The van der Waals surface area contributed by atoms with Crippen molar-refractivity contribution in [1.29, 1.82) is 0 Å². The fraction of sp³-hybridized carbons (Fsp3) is 0.217. The minimum absolute atomic E-state index is 0.00108. The molecular formula is C23H21FN2O5S. The molecule has 0 unspecified atom stereocenters. The molecule has 0 radical (unpaired) electrons. The van der Waals surface area contributed by atoms with Crippen LogP contribution in [0.2, 0.25) is 0 Å². The highest BCUT2D eigenvalue weighted by Crippen LogP contribution is 2.39. The number of aliphatic hydroxyl groups excluding tert-OH is 1. The quantitative estimate of drug-likeness (QED) is 0.612. The van der Waals surface area contributed by atoms with Crippen LogP contribution in [0.4, 0.5) is 4.39 Å². The van der Waals surface area contributed by atoms with E-state index in [4.69, 9.17) is 4.74 Å². The van der Waals surface area contributed by atoms with Gasteiger partial charge < -0.3 is 9.84 Å². The normalized spacial score (nSPS) is 17.8. The highest BCUT2D eigenvalue weighted by Gasteiger charge is 2.30. The zero-order valence-corrected chi connectivity index (χ0v) is 18.0. The van der Waals surface area contributed by atoms with Crippen LogP contribution in [0.3, 0.4) is 0 Å². The molecule has 2 atom stereocenters. The van der Waals surface area contributed by atoms with E-state index in [1.807, 2.05) is 22.9 Å². The number of pyridine rings is 1. The summed E-state index contributed by atoms with van der Waals surface area (Å²) in [6.45, 7) is 0.263. The summed E-state index contributed by atoms with van der Waals surface area (Å²) in [6, 6.07) is 14.0. The van der Waals surface area contributed by atoms with Crippen molar-refractivity contribution in [3.8, 4) is 16.9 Å². The van der Waals surface area contributed by atoms with Gasteiger partial charge in [-0.3, -0.25) is 9.78 Å². The van der Waals surface area contributed by atoms with Gasteiger partial charge in [0.05, 0.1) is 19.0 Å². The first-order valence-electron chi connectivity index (χ1n) is 9.88. The van der Waals surface area contributed by atoms with Gasteiger partial charge in [-0.15, -0.1) is 0 Å². The monoisotopic (exact) mass is 456 g/mol. The molecule has 9 heteroatoms. The van der Waals surface area contributed by atoms with Gasteiger partial charge in [-0.25, -0.2) is 17.5 Å². The van der Waals surface area contributed by atoms with Crippen LogP contribution < -0.4 is 9.46 Å². The second-order valence-electron chi connectivity index (χ2n) is 7.69. The third kappa shape index (κ3) is 4.79. The van der Waals surface area contributed by atoms with Crippen molar-refractivity contribution in [3.05, 3.63) is 83.4 Å². The molecule has 0 aliphatic carbocycles. The number of sulfonamides is 1. The number of carbonyl (C=O) groups excluding carboxylic acids is 1. The van der Waals surface area contributed by atoms with E-state index in [2.05, 4.69) is 4.98 Å². The predicted molar refractivity (Wildman–Crippen MR) is 116 cm³/mol. The van der Waals surface area contributed by atoms with Crippen molar-refractivity contribution in [2.24, 2.45) is 5.92 Å². The van der Waals surface area contributed by atoms with E-state index in [0.29, 0.717) is 23.3 Å². The third-order valence-electron chi connectivity index (χ3n) is 5.24. The number of hydrogen-bond acceptors (Lipinski definition) is 6. The zero-order chi connectivity index (χ0) is 22.9. The van der Waals surface area contributed by atoms with Crippen molar-refractivity contribution in [1.82, 2.24) is 9.71 Å². The largest absolute Gasteiger partial charge is 0.493 e. The summed E-state index contributed by atoms with van der Waals surface area (Å²) in [5, 5.41) is 10.9. The maximum atomic E-state index is 14.0. The molecule has 166 valence electrons. The highest BCUT2D eigenvalue weighted by molar-refractivity contribution is 7.89. The summed E-state index contributed by atoms with van der Waals surface area (Å²) in [7, 11) is -3.79. The summed E-state index contributed by atoms with van der Waals surface area (Å²) in [5.74, 6) is -1.21. The van der Waals surface area contributed by atoms with Crippen LogP contribution in [0.1, 0.15) is 27.7 Å². The molecule has 0 spiro atoms. The SMILES string of the molecule is CS(=O)(=O)NC(=O)c1ccc(F)cc1-c1ccc2c(c1)OC[C@@H](Cc1ccccn1)[C@@H]2O. The van der Waals surface area contributed by atoms with Crippen LogP contribution in [0.25, 0.3) is 11.1 Å². The molecule has 2 aromatic carbocycles. The lowest BCUT2D eigenvalue weighted by Gasteiger charge is -2.30.